The van der Waals surface area contributed by atoms with E-state index in [4.69, 9.17) is 5.26 Å². The Bertz CT molecular complexity index is 571. The van der Waals surface area contributed by atoms with E-state index in [0.717, 1.165) is 16.8 Å². The highest BCUT2D eigenvalue weighted by Gasteiger charge is 2.10. The summed E-state index contributed by atoms with van der Waals surface area (Å²) in [6, 6.07) is 8.05. The van der Waals surface area contributed by atoms with Gasteiger partial charge < -0.3 is 5.32 Å². The summed E-state index contributed by atoms with van der Waals surface area (Å²) >= 11 is 0. The van der Waals surface area contributed by atoms with Crippen molar-refractivity contribution in [2.24, 2.45) is 0 Å². The van der Waals surface area contributed by atoms with E-state index in [0.29, 0.717) is 11.5 Å². The summed E-state index contributed by atoms with van der Waals surface area (Å²) in [5.41, 5.74) is 3.44. The summed E-state index contributed by atoms with van der Waals surface area (Å²) in [5, 5.41) is 20.1. The summed E-state index contributed by atoms with van der Waals surface area (Å²) in [5.74, 6) is 0.492. The van der Waals surface area contributed by atoms with Crippen LogP contribution in [0.15, 0.2) is 18.2 Å². The normalized spacial score (nSPS) is 10.0. The van der Waals surface area contributed by atoms with Crippen LogP contribution in [-0.2, 0) is 0 Å². The minimum atomic E-state index is 0.298. The molecule has 0 saturated carbocycles. The quantitative estimate of drug-likeness (QED) is 0.849. The first-order valence-corrected chi connectivity index (χ1v) is 5.28. The molecule has 0 fully saturated rings. The molecule has 5 heteroatoms. The van der Waals surface area contributed by atoms with Crippen LogP contribution in [0.3, 0.4) is 0 Å². The van der Waals surface area contributed by atoms with Crippen molar-refractivity contribution < 1.29 is 0 Å². The van der Waals surface area contributed by atoms with E-state index < -0.39 is 0 Å². The second-order valence-corrected chi connectivity index (χ2v) is 3.89. The van der Waals surface area contributed by atoms with Crippen molar-refractivity contribution in [2.45, 2.75) is 13.8 Å². The second kappa shape index (κ2) is 4.26. The predicted molar refractivity (Wildman–Crippen MR) is 65.1 cm³/mol. The lowest BCUT2D eigenvalue weighted by molar-refractivity contribution is 0.749. The number of nitriles is 1. The van der Waals surface area contributed by atoms with Gasteiger partial charge in [-0.2, -0.15) is 5.26 Å². The maximum Gasteiger partial charge on any atom is 0.207 e. The number of aromatic nitrogens is 3. The SMILES string of the molecule is CNc1nn(-c2cc(C)cc(C)c2)nc1C#N. The summed E-state index contributed by atoms with van der Waals surface area (Å²) in [6.45, 7) is 4.04. The predicted octanol–water partition coefficient (Wildman–Crippen LogP) is 1.80. The van der Waals surface area contributed by atoms with E-state index in [9.17, 15) is 0 Å². The lowest BCUT2D eigenvalue weighted by Crippen LogP contribution is -2.00. The van der Waals surface area contributed by atoms with Gasteiger partial charge in [0, 0.05) is 7.05 Å². The average Bonchev–Trinajstić information content (AvgIpc) is 2.70. The van der Waals surface area contributed by atoms with Crippen LogP contribution in [0, 0.1) is 25.2 Å². The van der Waals surface area contributed by atoms with Crippen LogP contribution < -0.4 is 5.32 Å². The molecular formula is C12H13N5. The molecule has 0 bridgehead atoms. The Morgan fingerprint density at radius 1 is 1.18 bits per heavy atom. The Balaban J connectivity index is 2.53. The smallest absolute Gasteiger partial charge is 0.207 e. The molecule has 0 aliphatic heterocycles. The van der Waals surface area contributed by atoms with Crippen LogP contribution in [0.5, 0.6) is 0 Å². The number of anilines is 1. The van der Waals surface area contributed by atoms with E-state index in [1.54, 1.807) is 7.05 Å². The van der Waals surface area contributed by atoms with Gasteiger partial charge in [0.25, 0.3) is 0 Å². The lowest BCUT2D eigenvalue weighted by Gasteiger charge is -2.02. The van der Waals surface area contributed by atoms with Gasteiger partial charge in [0.05, 0.1) is 5.69 Å². The molecule has 5 nitrogen and oxygen atoms in total. The van der Waals surface area contributed by atoms with Crippen molar-refractivity contribution >= 4 is 5.82 Å². The van der Waals surface area contributed by atoms with Crippen molar-refractivity contribution in [1.82, 2.24) is 15.0 Å². The molecule has 17 heavy (non-hydrogen) atoms. The number of benzene rings is 1. The minimum Gasteiger partial charge on any atom is -0.369 e. The molecule has 86 valence electrons. The van der Waals surface area contributed by atoms with Gasteiger partial charge in [-0.3, -0.25) is 0 Å². The van der Waals surface area contributed by atoms with Crippen LogP contribution in [0.2, 0.25) is 0 Å². The molecule has 1 heterocycles. The number of nitrogens with one attached hydrogen (secondary N) is 1. The standard InChI is InChI=1S/C12H13N5/c1-8-4-9(2)6-10(5-8)17-15-11(7-13)12(14-3)16-17/h4-6H,1-3H3,(H,14,16). The lowest BCUT2D eigenvalue weighted by atomic mass is 10.1. The van der Waals surface area contributed by atoms with Crippen LogP contribution in [0.4, 0.5) is 5.82 Å². The first-order valence-electron chi connectivity index (χ1n) is 5.28. The third-order valence-electron chi connectivity index (χ3n) is 2.39. The number of hydrogen-bond acceptors (Lipinski definition) is 4. The highest BCUT2D eigenvalue weighted by Crippen LogP contribution is 2.15. The zero-order valence-corrected chi connectivity index (χ0v) is 10.0. The molecule has 0 aliphatic carbocycles. The zero-order valence-electron chi connectivity index (χ0n) is 10.0. The largest absolute Gasteiger partial charge is 0.369 e. The number of nitrogens with zero attached hydrogens (tertiary/aromatic N) is 4. The van der Waals surface area contributed by atoms with Crippen LogP contribution in [-0.4, -0.2) is 22.0 Å². The number of aryl methyl sites for hydroxylation is 2. The van der Waals surface area contributed by atoms with Gasteiger partial charge in [-0.25, -0.2) is 0 Å². The molecule has 2 rings (SSSR count). The van der Waals surface area contributed by atoms with Crippen LogP contribution in [0.25, 0.3) is 5.69 Å². The Morgan fingerprint density at radius 3 is 2.29 bits per heavy atom. The maximum absolute atomic E-state index is 8.91. The molecule has 0 aliphatic rings. The molecule has 0 unspecified atom stereocenters. The highest BCUT2D eigenvalue weighted by molar-refractivity contribution is 5.47. The van der Waals surface area contributed by atoms with E-state index in [-0.39, 0.29) is 0 Å². The van der Waals surface area contributed by atoms with E-state index in [2.05, 4.69) is 21.6 Å². The summed E-state index contributed by atoms with van der Waals surface area (Å²) in [4.78, 5) is 1.48. The Hall–Kier alpha value is -2.35. The summed E-state index contributed by atoms with van der Waals surface area (Å²) in [6.07, 6.45) is 0. The Labute approximate surface area is 99.7 Å². The molecule has 0 atom stereocenters. The first kappa shape index (κ1) is 11.1. The maximum atomic E-state index is 8.91. The van der Waals surface area contributed by atoms with Gasteiger partial charge >= 0.3 is 0 Å². The Morgan fingerprint density at radius 2 is 1.82 bits per heavy atom. The van der Waals surface area contributed by atoms with Crippen molar-refractivity contribution in [2.75, 3.05) is 12.4 Å². The molecule has 0 radical (unpaired) electrons. The van der Waals surface area contributed by atoms with Gasteiger partial charge in [-0.05, 0) is 37.1 Å². The van der Waals surface area contributed by atoms with E-state index in [1.165, 1.54) is 4.80 Å². The summed E-state index contributed by atoms with van der Waals surface area (Å²) in [7, 11) is 1.72. The highest BCUT2D eigenvalue weighted by atomic mass is 15.5. The molecule has 1 aromatic heterocycles. The zero-order chi connectivity index (χ0) is 12.4. The van der Waals surface area contributed by atoms with Crippen molar-refractivity contribution in [1.29, 1.82) is 5.26 Å². The monoisotopic (exact) mass is 227 g/mol. The number of hydrogen-bond donors (Lipinski definition) is 1. The van der Waals surface area contributed by atoms with E-state index >= 15 is 0 Å². The average molecular weight is 227 g/mol. The van der Waals surface area contributed by atoms with Gasteiger partial charge in [-0.1, -0.05) is 6.07 Å². The third-order valence-corrected chi connectivity index (χ3v) is 2.39. The Kier molecular flexibility index (Phi) is 2.79. The van der Waals surface area contributed by atoms with Crippen molar-refractivity contribution in [3.05, 3.63) is 35.0 Å². The molecule has 0 spiro atoms. The third kappa shape index (κ3) is 2.11. The van der Waals surface area contributed by atoms with E-state index in [1.807, 2.05) is 32.0 Å². The first-order chi connectivity index (χ1) is 8.13. The van der Waals surface area contributed by atoms with Gasteiger partial charge in [-0.15, -0.1) is 15.0 Å². The molecule has 1 aromatic carbocycles. The fraction of sp³-hybridized carbons (Fsp3) is 0.250. The second-order valence-electron chi connectivity index (χ2n) is 3.89. The van der Waals surface area contributed by atoms with Crippen molar-refractivity contribution in [3.8, 4) is 11.8 Å². The van der Waals surface area contributed by atoms with Crippen LogP contribution in [0.1, 0.15) is 16.8 Å². The minimum absolute atomic E-state index is 0.298. The van der Waals surface area contributed by atoms with Crippen LogP contribution >= 0.6 is 0 Å². The van der Waals surface area contributed by atoms with Gasteiger partial charge in [0.15, 0.2) is 5.82 Å². The molecule has 0 saturated heterocycles. The molecule has 0 amide bonds. The molecular weight excluding hydrogens is 214 g/mol. The number of rotatable bonds is 2. The topological polar surface area (TPSA) is 66.5 Å². The fourth-order valence-corrected chi connectivity index (χ4v) is 1.73. The fourth-order valence-electron chi connectivity index (χ4n) is 1.73. The molecule has 1 N–H and O–H groups in total. The van der Waals surface area contributed by atoms with Gasteiger partial charge in [0.2, 0.25) is 5.69 Å². The molecule has 2 aromatic rings. The summed E-state index contributed by atoms with van der Waals surface area (Å²) < 4.78 is 0. The van der Waals surface area contributed by atoms with Gasteiger partial charge in [0.1, 0.15) is 6.07 Å². The van der Waals surface area contributed by atoms with Crippen molar-refractivity contribution in [3.63, 3.8) is 0 Å².